The van der Waals surface area contributed by atoms with Gasteiger partial charge in [-0.15, -0.1) is 0 Å². The molecule has 136 valence electrons. The maximum Gasteiger partial charge on any atom is 0.342 e. The molecule has 0 radical (unpaired) electrons. The lowest BCUT2D eigenvalue weighted by Crippen LogP contribution is -2.11. The summed E-state index contributed by atoms with van der Waals surface area (Å²) in [5.41, 5.74) is 0.778. The molecule has 3 rings (SSSR count). The van der Waals surface area contributed by atoms with E-state index in [9.17, 15) is 14.4 Å². The average molecular weight is 358 g/mol. The van der Waals surface area contributed by atoms with E-state index < -0.39 is 17.9 Å². The van der Waals surface area contributed by atoms with E-state index in [0.717, 1.165) is 0 Å². The van der Waals surface area contributed by atoms with Gasteiger partial charge < -0.3 is 18.9 Å². The zero-order chi connectivity index (χ0) is 18.8. The standard InChI is InChI=1S/C19H18O7/c1-4-14(20)25-13-8-12(23-3)7-10-6-11-9-24-19(22)17(11)18(16(10)13)26-15(21)5-2/h6-8H,4-5,9H2,1-3H3. The van der Waals surface area contributed by atoms with Crippen LogP contribution < -0.4 is 14.2 Å². The summed E-state index contributed by atoms with van der Waals surface area (Å²) in [5, 5.41) is 0.964. The fraction of sp³-hybridized carbons (Fsp3) is 0.316. The van der Waals surface area contributed by atoms with Crippen molar-refractivity contribution < 1.29 is 33.3 Å². The second kappa shape index (κ2) is 7.03. The van der Waals surface area contributed by atoms with Crippen LogP contribution in [0.25, 0.3) is 10.8 Å². The van der Waals surface area contributed by atoms with Crippen LogP contribution in [-0.2, 0) is 20.9 Å². The molecule has 0 fully saturated rings. The van der Waals surface area contributed by atoms with Crippen LogP contribution in [0.4, 0.5) is 0 Å². The van der Waals surface area contributed by atoms with Crippen LogP contribution in [0, 0.1) is 0 Å². The molecule has 2 aromatic rings. The Balaban J connectivity index is 2.33. The van der Waals surface area contributed by atoms with Crippen molar-refractivity contribution in [3.8, 4) is 17.2 Å². The van der Waals surface area contributed by atoms with Gasteiger partial charge in [-0.3, -0.25) is 9.59 Å². The summed E-state index contributed by atoms with van der Waals surface area (Å²) < 4.78 is 21.2. The molecule has 7 nitrogen and oxygen atoms in total. The Bertz CT molecular complexity index is 914. The quantitative estimate of drug-likeness (QED) is 0.599. The van der Waals surface area contributed by atoms with Gasteiger partial charge in [0, 0.05) is 24.5 Å². The maximum absolute atomic E-state index is 12.2. The lowest BCUT2D eigenvalue weighted by atomic mass is 9.99. The molecule has 1 aliphatic heterocycles. The zero-order valence-corrected chi connectivity index (χ0v) is 14.7. The van der Waals surface area contributed by atoms with Gasteiger partial charge in [0.25, 0.3) is 0 Å². The molecule has 0 unspecified atom stereocenters. The summed E-state index contributed by atoms with van der Waals surface area (Å²) in [6, 6.07) is 4.97. The minimum atomic E-state index is -0.579. The number of hydrogen-bond donors (Lipinski definition) is 0. The smallest absolute Gasteiger partial charge is 0.342 e. The molecule has 0 N–H and O–H groups in total. The number of carbonyl (C=O) groups is 3. The third kappa shape index (κ3) is 3.08. The molecule has 7 heteroatoms. The number of hydrogen-bond acceptors (Lipinski definition) is 7. The molecule has 0 amide bonds. The van der Waals surface area contributed by atoms with Crippen LogP contribution in [0.5, 0.6) is 17.2 Å². The monoisotopic (exact) mass is 358 g/mol. The summed E-state index contributed by atoms with van der Waals surface area (Å²) in [5.74, 6) is -0.877. The molecular formula is C19H18O7. The van der Waals surface area contributed by atoms with Crippen molar-refractivity contribution in [2.24, 2.45) is 0 Å². The lowest BCUT2D eigenvalue weighted by molar-refractivity contribution is -0.134. The molecule has 0 saturated heterocycles. The number of carbonyl (C=O) groups excluding carboxylic acids is 3. The van der Waals surface area contributed by atoms with Crippen molar-refractivity contribution >= 4 is 28.7 Å². The van der Waals surface area contributed by atoms with E-state index in [4.69, 9.17) is 18.9 Å². The van der Waals surface area contributed by atoms with E-state index in [0.29, 0.717) is 22.1 Å². The molecule has 0 bridgehead atoms. The summed E-state index contributed by atoms with van der Waals surface area (Å²) in [6.07, 6.45) is 0.288. The number of cyclic esters (lactones) is 1. The molecule has 0 aliphatic carbocycles. The van der Waals surface area contributed by atoms with Crippen LogP contribution in [0.15, 0.2) is 18.2 Å². The van der Waals surface area contributed by atoms with E-state index in [1.54, 1.807) is 26.0 Å². The van der Waals surface area contributed by atoms with E-state index in [2.05, 4.69) is 0 Å². The topological polar surface area (TPSA) is 88.1 Å². The Kier molecular flexibility index (Phi) is 4.79. The van der Waals surface area contributed by atoms with Crippen molar-refractivity contribution in [1.29, 1.82) is 0 Å². The fourth-order valence-electron chi connectivity index (χ4n) is 2.73. The van der Waals surface area contributed by atoms with Gasteiger partial charge in [-0.05, 0) is 17.5 Å². The predicted octanol–water partition coefficient (Wildman–Crippen LogP) is 3.15. The van der Waals surface area contributed by atoms with Crippen molar-refractivity contribution in [3.63, 3.8) is 0 Å². The molecule has 1 aliphatic rings. The van der Waals surface area contributed by atoms with E-state index in [1.165, 1.54) is 13.2 Å². The lowest BCUT2D eigenvalue weighted by Gasteiger charge is -2.15. The van der Waals surface area contributed by atoms with Crippen LogP contribution in [0.3, 0.4) is 0 Å². The highest BCUT2D eigenvalue weighted by atomic mass is 16.6. The minimum Gasteiger partial charge on any atom is -0.497 e. The van der Waals surface area contributed by atoms with Gasteiger partial charge in [-0.2, -0.15) is 0 Å². The van der Waals surface area contributed by atoms with Crippen molar-refractivity contribution in [1.82, 2.24) is 0 Å². The van der Waals surface area contributed by atoms with Gasteiger partial charge in [-0.25, -0.2) is 4.79 Å². The number of methoxy groups -OCH3 is 1. The summed E-state index contributed by atoms with van der Waals surface area (Å²) >= 11 is 0. The highest BCUT2D eigenvalue weighted by molar-refractivity contribution is 6.08. The SMILES string of the molecule is CCC(=O)Oc1cc(OC)cc2cc3c(c(OC(=O)CC)c12)C(=O)OC3. The predicted molar refractivity (Wildman–Crippen MR) is 91.5 cm³/mol. The normalized spacial score (nSPS) is 12.5. The molecule has 0 aromatic heterocycles. The minimum absolute atomic E-state index is 0.0495. The van der Waals surface area contributed by atoms with Crippen LogP contribution in [0.2, 0.25) is 0 Å². The van der Waals surface area contributed by atoms with Gasteiger partial charge in [0.2, 0.25) is 0 Å². The van der Waals surface area contributed by atoms with E-state index >= 15 is 0 Å². The first-order valence-electron chi connectivity index (χ1n) is 8.24. The summed E-state index contributed by atoms with van der Waals surface area (Å²) in [4.78, 5) is 36.0. The van der Waals surface area contributed by atoms with Gasteiger partial charge >= 0.3 is 17.9 Å². The molecule has 0 saturated carbocycles. The molecular weight excluding hydrogens is 340 g/mol. The molecule has 0 atom stereocenters. The first kappa shape index (κ1) is 17.7. The third-order valence-corrected chi connectivity index (χ3v) is 4.03. The third-order valence-electron chi connectivity index (χ3n) is 4.03. The van der Waals surface area contributed by atoms with Crippen LogP contribution in [0.1, 0.15) is 42.6 Å². The number of benzene rings is 2. The van der Waals surface area contributed by atoms with Crippen molar-refractivity contribution in [2.45, 2.75) is 33.3 Å². The zero-order valence-electron chi connectivity index (χ0n) is 14.7. The van der Waals surface area contributed by atoms with Crippen molar-refractivity contribution in [3.05, 3.63) is 29.3 Å². The van der Waals surface area contributed by atoms with E-state index in [-0.39, 0.29) is 36.5 Å². The molecule has 26 heavy (non-hydrogen) atoms. The number of esters is 3. The summed E-state index contributed by atoms with van der Waals surface area (Å²) in [7, 11) is 1.49. The Morgan fingerprint density at radius 3 is 2.42 bits per heavy atom. The first-order valence-corrected chi connectivity index (χ1v) is 8.24. The highest BCUT2D eigenvalue weighted by Gasteiger charge is 2.31. The Labute approximate surface area is 149 Å². The number of ether oxygens (including phenoxy) is 4. The van der Waals surface area contributed by atoms with Gasteiger partial charge in [0.05, 0.1) is 12.5 Å². The largest absolute Gasteiger partial charge is 0.497 e. The van der Waals surface area contributed by atoms with Crippen LogP contribution >= 0.6 is 0 Å². The van der Waals surface area contributed by atoms with E-state index in [1.807, 2.05) is 0 Å². The van der Waals surface area contributed by atoms with Crippen molar-refractivity contribution in [2.75, 3.05) is 7.11 Å². The fourth-order valence-corrected chi connectivity index (χ4v) is 2.73. The Morgan fingerprint density at radius 2 is 1.77 bits per heavy atom. The first-order chi connectivity index (χ1) is 12.5. The Hall–Kier alpha value is -3.09. The summed E-state index contributed by atoms with van der Waals surface area (Å²) in [6.45, 7) is 3.40. The highest BCUT2D eigenvalue weighted by Crippen LogP contribution is 2.43. The number of rotatable bonds is 5. The second-order valence-corrected chi connectivity index (χ2v) is 5.69. The van der Waals surface area contributed by atoms with Gasteiger partial charge in [0.15, 0.2) is 5.75 Å². The van der Waals surface area contributed by atoms with Crippen LogP contribution in [-0.4, -0.2) is 25.0 Å². The van der Waals surface area contributed by atoms with Gasteiger partial charge in [0.1, 0.15) is 23.7 Å². The molecule has 1 heterocycles. The average Bonchev–Trinajstić information content (AvgIpc) is 3.01. The van der Waals surface area contributed by atoms with Gasteiger partial charge in [-0.1, -0.05) is 13.8 Å². The number of fused-ring (bicyclic) bond motifs is 2. The molecule has 0 spiro atoms. The Morgan fingerprint density at radius 1 is 1.08 bits per heavy atom. The molecule has 2 aromatic carbocycles. The second-order valence-electron chi connectivity index (χ2n) is 5.69. The maximum atomic E-state index is 12.2.